The van der Waals surface area contributed by atoms with Crippen LogP contribution in [0.3, 0.4) is 0 Å². The summed E-state index contributed by atoms with van der Waals surface area (Å²) >= 11 is 0. The van der Waals surface area contributed by atoms with Crippen LogP contribution in [0.5, 0.6) is 17.2 Å². The molecular weight excluding hydrogens is 334 g/mol. The summed E-state index contributed by atoms with van der Waals surface area (Å²) in [4.78, 5) is 12.9. The van der Waals surface area contributed by atoms with Crippen LogP contribution >= 0.6 is 0 Å². The molecule has 0 bridgehead atoms. The second-order valence-electron chi connectivity index (χ2n) is 5.97. The summed E-state index contributed by atoms with van der Waals surface area (Å²) in [5, 5.41) is 9.63. The highest BCUT2D eigenvalue weighted by Gasteiger charge is 2.34. The number of nitriles is 1. The maximum atomic E-state index is 12.9. The third-order valence-electron chi connectivity index (χ3n) is 4.59. The van der Waals surface area contributed by atoms with Crippen LogP contribution in [0.1, 0.15) is 22.7 Å². The van der Waals surface area contributed by atoms with Crippen molar-refractivity contribution in [2.75, 3.05) is 14.2 Å². The van der Waals surface area contributed by atoms with E-state index in [9.17, 15) is 10.1 Å². The normalized spacial score (nSPS) is 15.7. The van der Waals surface area contributed by atoms with Gasteiger partial charge in [-0.25, -0.2) is 0 Å². The smallest absolute Gasteiger partial charge is 0.258 e. The van der Waals surface area contributed by atoms with Gasteiger partial charge in [0.25, 0.3) is 5.56 Å². The molecule has 3 rings (SSSR count). The molecule has 7 nitrogen and oxygen atoms in total. The molecule has 2 N–H and O–H groups in total. The first kappa shape index (κ1) is 17.4. The first-order chi connectivity index (χ1) is 12.4. The third-order valence-corrected chi connectivity index (χ3v) is 4.59. The van der Waals surface area contributed by atoms with Crippen molar-refractivity contribution >= 4 is 0 Å². The summed E-state index contributed by atoms with van der Waals surface area (Å²) in [6, 6.07) is 9.07. The molecule has 0 saturated carbocycles. The fourth-order valence-corrected chi connectivity index (χ4v) is 3.11. The molecule has 7 heteroatoms. The predicted octanol–water partition coefficient (Wildman–Crippen LogP) is 1.93. The van der Waals surface area contributed by atoms with Crippen molar-refractivity contribution in [3.05, 3.63) is 62.9 Å². The van der Waals surface area contributed by atoms with Crippen molar-refractivity contribution in [2.24, 2.45) is 12.8 Å². The zero-order valence-corrected chi connectivity index (χ0v) is 15.0. The number of rotatable bonds is 3. The highest BCUT2D eigenvalue weighted by molar-refractivity contribution is 5.57. The number of aryl methyl sites for hydroxylation is 1. The van der Waals surface area contributed by atoms with Crippen molar-refractivity contribution in [3.63, 3.8) is 0 Å². The molecule has 1 atom stereocenters. The van der Waals surface area contributed by atoms with E-state index in [-0.39, 0.29) is 17.0 Å². The highest BCUT2D eigenvalue weighted by Crippen LogP contribution is 2.42. The molecule has 0 amide bonds. The van der Waals surface area contributed by atoms with Crippen LogP contribution in [0.2, 0.25) is 0 Å². The molecule has 1 unspecified atom stereocenters. The summed E-state index contributed by atoms with van der Waals surface area (Å²) < 4.78 is 17.7. The minimum atomic E-state index is -0.650. The second-order valence-corrected chi connectivity index (χ2v) is 5.97. The minimum absolute atomic E-state index is 0.00700. The fraction of sp³-hybridized carbons (Fsp3) is 0.263. The molecule has 0 saturated heterocycles. The molecule has 2 aromatic rings. The van der Waals surface area contributed by atoms with E-state index >= 15 is 0 Å². The molecular formula is C19H19N3O4. The van der Waals surface area contributed by atoms with Gasteiger partial charge in [0.1, 0.15) is 17.4 Å². The van der Waals surface area contributed by atoms with Crippen LogP contribution in [0.4, 0.5) is 0 Å². The Bertz CT molecular complexity index is 1010. The maximum absolute atomic E-state index is 12.9. The van der Waals surface area contributed by atoms with Crippen LogP contribution in [-0.4, -0.2) is 18.8 Å². The fourth-order valence-electron chi connectivity index (χ4n) is 3.11. The number of fused-ring (bicyclic) bond motifs is 1. The van der Waals surface area contributed by atoms with E-state index in [2.05, 4.69) is 6.07 Å². The molecule has 26 heavy (non-hydrogen) atoms. The van der Waals surface area contributed by atoms with Gasteiger partial charge in [-0.3, -0.25) is 4.79 Å². The number of allylic oxidation sites excluding steroid dienone is 1. The lowest BCUT2D eigenvalue weighted by atomic mass is 9.84. The largest absolute Gasteiger partial charge is 0.493 e. The van der Waals surface area contributed by atoms with Gasteiger partial charge >= 0.3 is 0 Å². The van der Waals surface area contributed by atoms with E-state index < -0.39 is 5.92 Å². The van der Waals surface area contributed by atoms with Gasteiger partial charge in [-0.15, -0.1) is 0 Å². The molecule has 2 heterocycles. The van der Waals surface area contributed by atoms with Gasteiger partial charge in [0, 0.05) is 18.8 Å². The number of pyridine rings is 1. The molecule has 1 aromatic carbocycles. The Labute approximate surface area is 150 Å². The predicted molar refractivity (Wildman–Crippen MR) is 95.3 cm³/mol. The number of nitrogens with two attached hydrogens (primary N) is 1. The van der Waals surface area contributed by atoms with Crippen LogP contribution < -0.4 is 25.5 Å². The summed E-state index contributed by atoms with van der Waals surface area (Å²) in [7, 11) is 4.74. The van der Waals surface area contributed by atoms with Crippen LogP contribution in [0.15, 0.2) is 40.5 Å². The number of methoxy groups -OCH3 is 2. The minimum Gasteiger partial charge on any atom is -0.493 e. The third kappa shape index (κ3) is 2.56. The van der Waals surface area contributed by atoms with Gasteiger partial charge in [0.05, 0.1) is 25.7 Å². The topological polar surface area (TPSA) is 99.5 Å². The van der Waals surface area contributed by atoms with E-state index in [1.165, 1.54) is 11.7 Å². The van der Waals surface area contributed by atoms with Crippen molar-refractivity contribution < 1.29 is 14.2 Å². The second kappa shape index (κ2) is 6.48. The molecule has 1 aliphatic heterocycles. The van der Waals surface area contributed by atoms with Crippen molar-refractivity contribution in [1.82, 2.24) is 4.57 Å². The Morgan fingerprint density at radius 2 is 1.92 bits per heavy atom. The van der Waals surface area contributed by atoms with Gasteiger partial charge in [-0.2, -0.15) is 5.26 Å². The summed E-state index contributed by atoms with van der Waals surface area (Å²) in [6.07, 6.45) is 0. The van der Waals surface area contributed by atoms with E-state index in [4.69, 9.17) is 19.9 Å². The van der Waals surface area contributed by atoms with Crippen molar-refractivity contribution in [3.8, 4) is 23.3 Å². The van der Waals surface area contributed by atoms with Gasteiger partial charge in [0.15, 0.2) is 11.5 Å². The Kier molecular flexibility index (Phi) is 4.34. The number of benzene rings is 1. The Balaban J connectivity index is 2.32. The summed E-state index contributed by atoms with van der Waals surface area (Å²) in [5.41, 5.74) is 7.71. The Hall–Kier alpha value is -3.40. The van der Waals surface area contributed by atoms with Gasteiger partial charge < -0.3 is 24.5 Å². The average Bonchev–Trinajstić information content (AvgIpc) is 2.64. The highest BCUT2D eigenvalue weighted by atomic mass is 16.5. The van der Waals surface area contributed by atoms with Gasteiger partial charge in [-0.1, -0.05) is 6.07 Å². The molecule has 0 aliphatic carbocycles. The lowest BCUT2D eigenvalue weighted by Gasteiger charge is -2.27. The monoisotopic (exact) mass is 353 g/mol. The molecule has 0 radical (unpaired) electrons. The Morgan fingerprint density at radius 3 is 2.54 bits per heavy atom. The number of nitrogens with zero attached hydrogens (tertiary/aromatic N) is 2. The molecule has 1 aromatic heterocycles. The zero-order chi connectivity index (χ0) is 19.0. The number of aromatic nitrogens is 1. The van der Waals surface area contributed by atoms with E-state index in [1.54, 1.807) is 45.3 Å². The first-order valence-corrected chi connectivity index (χ1v) is 7.93. The van der Waals surface area contributed by atoms with Crippen LogP contribution in [0, 0.1) is 18.3 Å². The standard InChI is InChI=1S/C19H19N3O4/c1-10-7-15-17(19(23)22(10)2)16(12(9-20)18(21)26-15)11-5-6-13(24-3)14(8-11)25-4/h5-8,16H,21H2,1-4H3. The number of hydrogen-bond donors (Lipinski definition) is 1. The SMILES string of the molecule is COc1ccc(C2C(C#N)=C(N)Oc3cc(C)n(C)c(=O)c32)cc1OC. The molecule has 0 fully saturated rings. The molecule has 134 valence electrons. The average molecular weight is 353 g/mol. The first-order valence-electron chi connectivity index (χ1n) is 7.93. The molecule has 1 aliphatic rings. The summed E-state index contributed by atoms with van der Waals surface area (Å²) in [6.45, 7) is 1.80. The summed E-state index contributed by atoms with van der Waals surface area (Å²) in [5.74, 6) is 0.755. The van der Waals surface area contributed by atoms with Crippen LogP contribution in [-0.2, 0) is 7.05 Å². The maximum Gasteiger partial charge on any atom is 0.258 e. The number of ether oxygens (including phenoxy) is 3. The lowest BCUT2D eigenvalue weighted by molar-refractivity contribution is 0.354. The molecule has 0 spiro atoms. The van der Waals surface area contributed by atoms with E-state index in [1.807, 2.05) is 0 Å². The van der Waals surface area contributed by atoms with E-state index in [0.29, 0.717) is 28.4 Å². The lowest BCUT2D eigenvalue weighted by Crippen LogP contribution is -2.31. The van der Waals surface area contributed by atoms with Crippen LogP contribution in [0.25, 0.3) is 0 Å². The Morgan fingerprint density at radius 1 is 1.23 bits per heavy atom. The number of hydrogen-bond acceptors (Lipinski definition) is 6. The zero-order valence-electron chi connectivity index (χ0n) is 15.0. The van der Waals surface area contributed by atoms with Gasteiger partial charge in [-0.05, 0) is 24.6 Å². The van der Waals surface area contributed by atoms with Gasteiger partial charge in [0.2, 0.25) is 5.88 Å². The van der Waals surface area contributed by atoms with Crippen molar-refractivity contribution in [2.45, 2.75) is 12.8 Å². The van der Waals surface area contributed by atoms with Crippen molar-refractivity contribution in [1.29, 1.82) is 5.26 Å². The van der Waals surface area contributed by atoms with E-state index in [0.717, 1.165) is 5.69 Å². The quantitative estimate of drug-likeness (QED) is 0.905.